The number of carbonyl (C=O) groups is 3. The number of ether oxygens (including phenoxy) is 1. The van der Waals surface area contributed by atoms with Crippen molar-refractivity contribution in [3.05, 3.63) is 42.5 Å². The number of halogens is 1. The van der Waals surface area contributed by atoms with Crippen LogP contribution in [0.25, 0.3) is 0 Å². The molecule has 1 aromatic rings. The molecule has 3 saturated carbocycles. The molecule has 4 aliphatic rings. The summed E-state index contributed by atoms with van der Waals surface area (Å²) >= 11 is 0. The van der Waals surface area contributed by atoms with Crippen LogP contribution >= 0.6 is 0 Å². The zero-order valence-electron chi connectivity index (χ0n) is 20.7. The van der Waals surface area contributed by atoms with E-state index in [1.54, 1.807) is 19.9 Å². The topological polar surface area (TPSA) is 98.5 Å². The van der Waals surface area contributed by atoms with Crippen molar-refractivity contribution in [3.63, 3.8) is 0 Å². The van der Waals surface area contributed by atoms with E-state index in [1.807, 2.05) is 13.8 Å². The first-order chi connectivity index (χ1) is 16.5. The lowest BCUT2D eigenvalue weighted by atomic mass is 9.44. The highest BCUT2D eigenvalue weighted by molar-refractivity contribution is 6.01. The third-order valence-electron chi connectivity index (χ3n) is 9.80. The summed E-state index contributed by atoms with van der Waals surface area (Å²) in [5.41, 5.74) is -4.99. The van der Waals surface area contributed by atoms with Crippen LogP contribution in [-0.4, -0.2) is 49.7 Å². The van der Waals surface area contributed by atoms with Crippen molar-refractivity contribution in [2.24, 2.45) is 28.6 Å². The molecule has 0 amide bonds. The number of alkyl halides is 1. The summed E-state index contributed by atoms with van der Waals surface area (Å²) in [6.07, 6.45) is 9.00. The molecule has 4 aliphatic carbocycles. The van der Waals surface area contributed by atoms with Crippen LogP contribution in [0.1, 0.15) is 64.6 Å². The molecular weight excluding hydrogens is 451 g/mol. The van der Waals surface area contributed by atoms with E-state index < -0.39 is 51.9 Å². The maximum atomic E-state index is 17.4. The third-order valence-corrected chi connectivity index (χ3v) is 9.80. The predicted molar refractivity (Wildman–Crippen MR) is 125 cm³/mol. The SMILES string of the molecule is CCC(=O)O[C@]1(C(=O)n2ccnc2)[C@@H](C)CC2C3CCC4=CC(=O)C=C[C@]4(C)[C@@]3(F)[C@@H](O)C[C@@]21C. The van der Waals surface area contributed by atoms with E-state index in [1.165, 1.54) is 35.4 Å². The number of esters is 1. The number of ketones is 1. The van der Waals surface area contributed by atoms with Crippen LogP contribution in [0.15, 0.2) is 42.5 Å². The molecule has 0 spiro atoms. The van der Waals surface area contributed by atoms with Crippen LogP contribution in [0.4, 0.5) is 4.39 Å². The van der Waals surface area contributed by atoms with Gasteiger partial charge in [-0.25, -0.2) is 9.37 Å². The molecule has 0 radical (unpaired) electrons. The maximum absolute atomic E-state index is 17.4. The molecule has 5 rings (SSSR count). The molecule has 2 unspecified atom stereocenters. The monoisotopic (exact) mass is 484 g/mol. The van der Waals surface area contributed by atoms with Gasteiger partial charge < -0.3 is 9.84 Å². The molecule has 0 aliphatic heterocycles. The number of rotatable bonds is 3. The van der Waals surface area contributed by atoms with Gasteiger partial charge in [0.15, 0.2) is 17.1 Å². The molecular formula is C27H33FN2O5. The average Bonchev–Trinajstić information content (AvgIpc) is 3.42. The number of imidazole rings is 1. The van der Waals surface area contributed by atoms with Crippen LogP contribution < -0.4 is 0 Å². The largest absolute Gasteiger partial charge is 0.448 e. The maximum Gasteiger partial charge on any atom is 0.306 e. The van der Waals surface area contributed by atoms with Crippen LogP contribution in [0.3, 0.4) is 0 Å². The van der Waals surface area contributed by atoms with Crippen LogP contribution in [0.5, 0.6) is 0 Å². The Balaban J connectivity index is 1.65. The predicted octanol–water partition coefficient (Wildman–Crippen LogP) is 3.83. The second kappa shape index (κ2) is 7.69. The van der Waals surface area contributed by atoms with E-state index in [-0.39, 0.29) is 24.5 Å². The number of hydrogen-bond acceptors (Lipinski definition) is 6. The summed E-state index contributed by atoms with van der Waals surface area (Å²) in [5, 5.41) is 11.6. The fourth-order valence-corrected chi connectivity index (χ4v) is 8.07. The molecule has 35 heavy (non-hydrogen) atoms. The lowest BCUT2D eigenvalue weighted by Gasteiger charge is -2.62. The zero-order valence-corrected chi connectivity index (χ0v) is 20.7. The van der Waals surface area contributed by atoms with Crippen molar-refractivity contribution in [3.8, 4) is 0 Å². The van der Waals surface area contributed by atoms with Gasteiger partial charge >= 0.3 is 5.97 Å². The Bertz CT molecular complexity index is 1140. The number of aliphatic hydroxyl groups excluding tert-OH is 1. The molecule has 1 aromatic heterocycles. The minimum Gasteiger partial charge on any atom is -0.448 e. The molecule has 188 valence electrons. The van der Waals surface area contributed by atoms with Gasteiger partial charge in [0.2, 0.25) is 0 Å². The Morgan fingerprint density at radius 3 is 2.71 bits per heavy atom. The summed E-state index contributed by atoms with van der Waals surface area (Å²) in [4.78, 5) is 42.8. The fourth-order valence-electron chi connectivity index (χ4n) is 8.07. The highest BCUT2D eigenvalue weighted by Crippen LogP contribution is 2.71. The molecule has 1 N–H and O–H groups in total. The summed E-state index contributed by atoms with van der Waals surface area (Å²) in [6, 6.07) is 0. The molecule has 0 aromatic carbocycles. The van der Waals surface area contributed by atoms with E-state index in [9.17, 15) is 19.5 Å². The van der Waals surface area contributed by atoms with Gasteiger partial charge in [-0.2, -0.15) is 0 Å². The molecule has 7 nitrogen and oxygen atoms in total. The van der Waals surface area contributed by atoms with Gasteiger partial charge in [-0.3, -0.25) is 19.0 Å². The lowest BCUT2D eigenvalue weighted by molar-refractivity contribution is -0.220. The number of aromatic nitrogens is 2. The molecule has 1 heterocycles. The van der Waals surface area contributed by atoms with Crippen molar-refractivity contribution in [1.29, 1.82) is 0 Å². The molecule has 0 saturated heterocycles. The summed E-state index contributed by atoms with van der Waals surface area (Å²) in [7, 11) is 0. The lowest BCUT2D eigenvalue weighted by Crippen LogP contribution is -2.70. The van der Waals surface area contributed by atoms with Crippen molar-refractivity contribution < 1.29 is 28.6 Å². The van der Waals surface area contributed by atoms with Gasteiger partial charge in [-0.15, -0.1) is 0 Å². The van der Waals surface area contributed by atoms with Gasteiger partial charge in [0.1, 0.15) is 6.33 Å². The smallest absolute Gasteiger partial charge is 0.306 e. The van der Waals surface area contributed by atoms with Crippen LogP contribution in [0.2, 0.25) is 0 Å². The van der Waals surface area contributed by atoms with Gasteiger partial charge in [-0.05, 0) is 50.7 Å². The van der Waals surface area contributed by atoms with Crippen LogP contribution in [0, 0.1) is 28.6 Å². The van der Waals surface area contributed by atoms with Crippen molar-refractivity contribution >= 4 is 17.7 Å². The zero-order chi connectivity index (χ0) is 25.4. The fraction of sp³-hybridized carbons (Fsp3) is 0.630. The summed E-state index contributed by atoms with van der Waals surface area (Å²) in [5.74, 6) is -2.37. The second-order valence-electron chi connectivity index (χ2n) is 11.2. The van der Waals surface area contributed by atoms with Gasteiger partial charge in [-0.1, -0.05) is 32.4 Å². The first-order valence-corrected chi connectivity index (χ1v) is 12.5. The first-order valence-electron chi connectivity index (χ1n) is 12.5. The van der Waals surface area contributed by atoms with Crippen molar-refractivity contribution in [2.45, 2.75) is 77.2 Å². The van der Waals surface area contributed by atoms with Crippen molar-refractivity contribution in [2.75, 3.05) is 0 Å². The Morgan fingerprint density at radius 2 is 2.06 bits per heavy atom. The number of aliphatic hydroxyl groups is 1. The summed E-state index contributed by atoms with van der Waals surface area (Å²) < 4.78 is 24.8. The molecule has 3 fully saturated rings. The van der Waals surface area contributed by atoms with E-state index in [0.717, 1.165) is 0 Å². The number of nitrogens with zero attached hydrogens (tertiary/aromatic N) is 2. The van der Waals surface area contributed by atoms with Gasteiger partial charge in [0.05, 0.1) is 6.10 Å². The quantitative estimate of drug-likeness (QED) is 0.655. The second-order valence-corrected chi connectivity index (χ2v) is 11.2. The molecule has 8 heteroatoms. The Hall–Kier alpha value is -2.61. The van der Waals surface area contributed by atoms with E-state index >= 15 is 4.39 Å². The molecule has 0 bridgehead atoms. The minimum atomic E-state index is -2.01. The normalized spacial score (nSPS) is 44.2. The highest BCUT2D eigenvalue weighted by atomic mass is 19.1. The Labute approximate surface area is 204 Å². The van der Waals surface area contributed by atoms with E-state index in [0.29, 0.717) is 24.8 Å². The number of fused-ring (bicyclic) bond motifs is 5. The Morgan fingerprint density at radius 1 is 1.31 bits per heavy atom. The number of carbonyl (C=O) groups excluding carboxylic acids is 3. The minimum absolute atomic E-state index is 0.0445. The van der Waals surface area contributed by atoms with Gasteiger partial charge in [0.25, 0.3) is 5.91 Å². The summed E-state index contributed by atoms with van der Waals surface area (Å²) in [6.45, 7) is 7.18. The van der Waals surface area contributed by atoms with E-state index in [4.69, 9.17) is 4.74 Å². The molecule has 8 atom stereocenters. The number of allylic oxidation sites excluding steroid dienone is 4. The highest BCUT2D eigenvalue weighted by Gasteiger charge is 2.77. The Kier molecular flexibility index (Phi) is 5.30. The van der Waals surface area contributed by atoms with E-state index in [2.05, 4.69) is 4.98 Å². The van der Waals surface area contributed by atoms with Gasteiger partial charge in [0, 0.05) is 41.5 Å². The first kappa shape index (κ1) is 24.1. The average molecular weight is 485 g/mol. The van der Waals surface area contributed by atoms with Crippen LogP contribution in [-0.2, 0) is 14.3 Å². The number of hydrogen-bond donors (Lipinski definition) is 1. The standard InChI is InChI=1S/C27H33FN2O5/c1-5-22(33)35-27(23(34)30-11-10-29-15-30)16(2)12-20-19-7-6-17-13-18(31)8-9-24(17,3)26(19,28)21(32)14-25(20,27)4/h8-11,13,15-16,19-21,32H,5-7,12,14H2,1-4H3/t16-,19?,20?,21-,24-,25-,26-,27-/m0/s1. The third kappa shape index (κ3) is 2.86. The van der Waals surface area contributed by atoms with Crippen molar-refractivity contribution in [1.82, 2.24) is 9.55 Å².